The zero-order valence-corrected chi connectivity index (χ0v) is 14.1. The van der Waals surface area contributed by atoms with E-state index in [1.54, 1.807) is 18.3 Å². The zero-order chi connectivity index (χ0) is 17.4. The van der Waals surface area contributed by atoms with Gasteiger partial charge < -0.3 is 21.1 Å². The van der Waals surface area contributed by atoms with Crippen LogP contribution in [-0.2, 0) is 0 Å². The summed E-state index contributed by atoms with van der Waals surface area (Å²) in [4.78, 5) is 16.6. The number of pyridine rings is 1. The Balaban J connectivity index is 2.06. The molecule has 0 saturated heterocycles. The van der Waals surface area contributed by atoms with Crippen molar-refractivity contribution in [1.82, 2.24) is 10.3 Å². The van der Waals surface area contributed by atoms with Crippen LogP contribution in [0.25, 0.3) is 0 Å². The molecule has 128 valence electrons. The number of rotatable bonds is 8. The van der Waals surface area contributed by atoms with Crippen molar-refractivity contribution >= 4 is 17.4 Å². The highest BCUT2D eigenvalue weighted by Gasteiger charge is 2.12. The predicted octanol–water partition coefficient (Wildman–Crippen LogP) is 2.69. The van der Waals surface area contributed by atoms with Gasteiger partial charge in [0.25, 0.3) is 5.91 Å². The molecule has 1 heterocycles. The number of carbonyl (C=O) groups excluding carboxylic acids is 1. The van der Waals surface area contributed by atoms with Gasteiger partial charge in [-0.2, -0.15) is 0 Å². The summed E-state index contributed by atoms with van der Waals surface area (Å²) in [5.74, 6) is 1.15. The van der Waals surface area contributed by atoms with Crippen molar-refractivity contribution in [3.05, 3.63) is 48.2 Å². The number of nitrogens with one attached hydrogen (secondary N) is 2. The van der Waals surface area contributed by atoms with E-state index in [2.05, 4.69) is 15.6 Å². The number of hydrogen-bond acceptors (Lipinski definition) is 5. The molecule has 1 amide bonds. The van der Waals surface area contributed by atoms with Crippen LogP contribution in [0, 0.1) is 0 Å². The van der Waals surface area contributed by atoms with E-state index in [0.717, 1.165) is 17.9 Å². The SMILES string of the molecule is CCOc1ccc(Nc2ncccc2C(=O)NCCC(C)N)cc1. The Morgan fingerprint density at radius 3 is 2.71 bits per heavy atom. The molecule has 4 N–H and O–H groups in total. The Hall–Kier alpha value is -2.60. The summed E-state index contributed by atoms with van der Waals surface area (Å²) in [5.41, 5.74) is 7.03. The predicted molar refractivity (Wildman–Crippen MR) is 95.7 cm³/mol. The fourth-order valence-electron chi connectivity index (χ4n) is 2.13. The molecule has 0 radical (unpaired) electrons. The largest absolute Gasteiger partial charge is 0.494 e. The van der Waals surface area contributed by atoms with Gasteiger partial charge in [-0.15, -0.1) is 0 Å². The van der Waals surface area contributed by atoms with Crippen molar-refractivity contribution < 1.29 is 9.53 Å². The molecule has 0 saturated carbocycles. The third-order valence-electron chi connectivity index (χ3n) is 3.37. The molecular weight excluding hydrogens is 304 g/mol. The molecule has 0 aliphatic heterocycles. The fraction of sp³-hybridized carbons (Fsp3) is 0.333. The molecule has 1 aromatic carbocycles. The fourth-order valence-corrected chi connectivity index (χ4v) is 2.13. The van der Waals surface area contributed by atoms with Gasteiger partial charge in [0.2, 0.25) is 0 Å². The van der Waals surface area contributed by atoms with E-state index in [1.807, 2.05) is 38.1 Å². The van der Waals surface area contributed by atoms with Crippen LogP contribution < -0.4 is 21.1 Å². The number of ether oxygens (including phenoxy) is 1. The first kappa shape index (κ1) is 17.7. The lowest BCUT2D eigenvalue weighted by Crippen LogP contribution is -2.29. The summed E-state index contributed by atoms with van der Waals surface area (Å²) < 4.78 is 5.42. The van der Waals surface area contributed by atoms with E-state index in [1.165, 1.54) is 0 Å². The highest BCUT2D eigenvalue weighted by molar-refractivity contribution is 5.99. The third kappa shape index (κ3) is 5.24. The van der Waals surface area contributed by atoms with Crippen LogP contribution >= 0.6 is 0 Å². The van der Waals surface area contributed by atoms with E-state index in [9.17, 15) is 4.79 Å². The lowest BCUT2D eigenvalue weighted by atomic mass is 10.2. The van der Waals surface area contributed by atoms with E-state index < -0.39 is 0 Å². The maximum Gasteiger partial charge on any atom is 0.255 e. The molecule has 1 aromatic heterocycles. The number of nitrogens with two attached hydrogens (primary N) is 1. The average Bonchev–Trinajstić information content (AvgIpc) is 2.57. The topological polar surface area (TPSA) is 89.3 Å². The molecule has 2 aromatic rings. The van der Waals surface area contributed by atoms with Gasteiger partial charge in [-0.25, -0.2) is 4.98 Å². The average molecular weight is 328 g/mol. The van der Waals surface area contributed by atoms with Crippen molar-refractivity contribution in [1.29, 1.82) is 0 Å². The molecule has 24 heavy (non-hydrogen) atoms. The number of nitrogens with zero attached hydrogens (tertiary/aromatic N) is 1. The molecule has 0 spiro atoms. The summed E-state index contributed by atoms with van der Waals surface area (Å²) in [5, 5.41) is 6.03. The van der Waals surface area contributed by atoms with Crippen molar-refractivity contribution in [3.63, 3.8) is 0 Å². The molecule has 2 rings (SSSR count). The van der Waals surface area contributed by atoms with E-state index >= 15 is 0 Å². The number of hydrogen-bond donors (Lipinski definition) is 3. The van der Waals surface area contributed by atoms with Gasteiger partial charge in [0, 0.05) is 24.5 Å². The second kappa shape index (κ2) is 8.88. The van der Waals surface area contributed by atoms with Crippen LogP contribution in [0.1, 0.15) is 30.6 Å². The van der Waals surface area contributed by atoms with Gasteiger partial charge in [-0.05, 0) is 56.7 Å². The lowest BCUT2D eigenvalue weighted by molar-refractivity contribution is 0.0953. The minimum Gasteiger partial charge on any atom is -0.494 e. The first-order valence-electron chi connectivity index (χ1n) is 8.09. The van der Waals surface area contributed by atoms with E-state index in [0.29, 0.717) is 24.5 Å². The summed E-state index contributed by atoms with van der Waals surface area (Å²) in [6, 6.07) is 11.1. The Bertz CT molecular complexity index is 656. The maximum atomic E-state index is 12.3. The van der Waals surface area contributed by atoms with Crippen LogP contribution in [0.15, 0.2) is 42.6 Å². The first-order chi connectivity index (χ1) is 11.6. The standard InChI is InChI=1S/C18H24N4O2/c1-3-24-15-8-6-14(7-9-15)22-17-16(5-4-11-20-17)18(23)21-12-10-13(2)19/h4-9,11,13H,3,10,12,19H2,1-2H3,(H,20,22)(H,21,23). The monoisotopic (exact) mass is 328 g/mol. The van der Waals surface area contributed by atoms with E-state index in [4.69, 9.17) is 10.5 Å². The number of carbonyl (C=O) groups is 1. The van der Waals surface area contributed by atoms with Crippen molar-refractivity contribution in [2.75, 3.05) is 18.5 Å². The molecular formula is C18H24N4O2. The number of anilines is 2. The number of amides is 1. The smallest absolute Gasteiger partial charge is 0.255 e. The van der Waals surface area contributed by atoms with Crippen LogP contribution in [0.2, 0.25) is 0 Å². The molecule has 1 atom stereocenters. The van der Waals surface area contributed by atoms with Crippen LogP contribution in [0.3, 0.4) is 0 Å². The molecule has 0 aliphatic rings. The Labute approximate surface area is 142 Å². The van der Waals surface area contributed by atoms with Gasteiger partial charge >= 0.3 is 0 Å². The summed E-state index contributed by atoms with van der Waals surface area (Å²) in [6.07, 6.45) is 2.38. The van der Waals surface area contributed by atoms with Crippen LogP contribution in [0.5, 0.6) is 5.75 Å². The Morgan fingerprint density at radius 2 is 2.04 bits per heavy atom. The Morgan fingerprint density at radius 1 is 1.29 bits per heavy atom. The van der Waals surface area contributed by atoms with Crippen LogP contribution in [0.4, 0.5) is 11.5 Å². The maximum absolute atomic E-state index is 12.3. The van der Waals surface area contributed by atoms with E-state index in [-0.39, 0.29) is 11.9 Å². The number of aromatic nitrogens is 1. The molecule has 0 bridgehead atoms. The zero-order valence-electron chi connectivity index (χ0n) is 14.1. The molecule has 1 unspecified atom stereocenters. The Kier molecular flexibility index (Phi) is 6.57. The number of benzene rings is 1. The molecule has 0 aliphatic carbocycles. The summed E-state index contributed by atoms with van der Waals surface area (Å²) in [7, 11) is 0. The van der Waals surface area contributed by atoms with Gasteiger partial charge in [-0.1, -0.05) is 0 Å². The van der Waals surface area contributed by atoms with Gasteiger partial charge in [0.05, 0.1) is 12.2 Å². The lowest BCUT2D eigenvalue weighted by Gasteiger charge is -2.12. The van der Waals surface area contributed by atoms with Crippen molar-refractivity contribution in [2.24, 2.45) is 5.73 Å². The highest BCUT2D eigenvalue weighted by Crippen LogP contribution is 2.21. The second-order valence-corrected chi connectivity index (χ2v) is 5.50. The van der Waals surface area contributed by atoms with Gasteiger partial charge in [0.15, 0.2) is 0 Å². The van der Waals surface area contributed by atoms with Gasteiger partial charge in [0.1, 0.15) is 11.6 Å². The minimum atomic E-state index is -0.169. The molecule has 0 fully saturated rings. The normalized spacial score (nSPS) is 11.6. The first-order valence-corrected chi connectivity index (χ1v) is 8.09. The second-order valence-electron chi connectivity index (χ2n) is 5.50. The van der Waals surface area contributed by atoms with Crippen LogP contribution in [-0.4, -0.2) is 30.1 Å². The van der Waals surface area contributed by atoms with Gasteiger partial charge in [-0.3, -0.25) is 4.79 Å². The molecule has 6 heteroatoms. The summed E-state index contributed by atoms with van der Waals surface area (Å²) in [6.45, 7) is 5.01. The summed E-state index contributed by atoms with van der Waals surface area (Å²) >= 11 is 0. The molecule has 6 nitrogen and oxygen atoms in total. The van der Waals surface area contributed by atoms with Crippen molar-refractivity contribution in [3.8, 4) is 5.75 Å². The minimum absolute atomic E-state index is 0.0562. The van der Waals surface area contributed by atoms with Crippen molar-refractivity contribution in [2.45, 2.75) is 26.3 Å². The highest BCUT2D eigenvalue weighted by atomic mass is 16.5. The third-order valence-corrected chi connectivity index (χ3v) is 3.37. The quantitative estimate of drug-likeness (QED) is 0.693.